The Morgan fingerprint density at radius 2 is 1.81 bits per heavy atom. The maximum absolute atomic E-state index is 12.4. The number of nitrogens with zero attached hydrogens (tertiary/aromatic N) is 2. The molecule has 1 aromatic heterocycles. The van der Waals surface area contributed by atoms with E-state index in [1.165, 1.54) is 11.1 Å². The average Bonchev–Trinajstić information content (AvgIpc) is 2.90. The number of thioether (sulfide) groups is 1. The maximum atomic E-state index is 12.4. The lowest BCUT2D eigenvalue weighted by atomic mass is 10.2. The summed E-state index contributed by atoms with van der Waals surface area (Å²) < 4.78 is 1.86. The standard InChI is InChI=1S/C21H23N3OS/c1-14-10-11-19(15(2)12-14)26-13-20(25)22-21-16(3)23-24(17(21)4)18-8-6-5-7-9-18/h5-12H,13H2,1-4H3,(H,22,25). The third kappa shape index (κ3) is 3.99. The molecule has 0 aliphatic carbocycles. The first-order chi connectivity index (χ1) is 12.5. The van der Waals surface area contributed by atoms with Gasteiger partial charge in [0.05, 0.1) is 28.5 Å². The summed E-state index contributed by atoms with van der Waals surface area (Å²) in [6.45, 7) is 8.04. The van der Waals surface area contributed by atoms with Crippen molar-refractivity contribution in [1.82, 2.24) is 9.78 Å². The van der Waals surface area contributed by atoms with Crippen LogP contribution in [0.5, 0.6) is 0 Å². The van der Waals surface area contributed by atoms with Gasteiger partial charge < -0.3 is 5.32 Å². The Morgan fingerprint density at radius 1 is 1.08 bits per heavy atom. The average molecular weight is 366 g/mol. The molecule has 1 amide bonds. The fourth-order valence-electron chi connectivity index (χ4n) is 2.92. The van der Waals surface area contributed by atoms with E-state index >= 15 is 0 Å². The molecule has 0 spiro atoms. The van der Waals surface area contributed by atoms with E-state index in [1.54, 1.807) is 11.8 Å². The summed E-state index contributed by atoms with van der Waals surface area (Å²) in [5, 5.41) is 7.60. The zero-order valence-corrected chi connectivity index (χ0v) is 16.4. The van der Waals surface area contributed by atoms with Crippen LogP contribution in [0.4, 0.5) is 5.69 Å². The summed E-state index contributed by atoms with van der Waals surface area (Å²) in [6.07, 6.45) is 0. The summed E-state index contributed by atoms with van der Waals surface area (Å²) in [7, 11) is 0. The van der Waals surface area contributed by atoms with Crippen LogP contribution in [0, 0.1) is 27.7 Å². The van der Waals surface area contributed by atoms with Gasteiger partial charge in [0.15, 0.2) is 0 Å². The molecule has 0 unspecified atom stereocenters. The molecule has 1 N–H and O–H groups in total. The molecule has 0 aliphatic heterocycles. The van der Waals surface area contributed by atoms with Gasteiger partial charge in [-0.25, -0.2) is 4.68 Å². The van der Waals surface area contributed by atoms with Crippen LogP contribution < -0.4 is 5.32 Å². The van der Waals surface area contributed by atoms with E-state index in [1.807, 2.05) is 48.9 Å². The molecule has 1 heterocycles. The van der Waals surface area contributed by atoms with Gasteiger partial charge in [-0.05, 0) is 51.5 Å². The van der Waals surface area contributed by atoms with E-state index in [4.69, 9.17) is 0 Å². The molecular weight excluding hydrogens is 342 g/mol. The number of benzene rings is 2. The van der Waals surface area contributed by atoms with E-state index in [-0.39, 0.29) is 5.91 Å². The van der Waals surface area contributed by atoms with Gasteiger partial charge in [-0.15, -0.1) is 11.8 Å². The molecule has 4 nitrogen and oxygen atoms in total. The van der Waals surface area contributed by atoms with Gasteiger partial charge in [0.2, 0.25) is 5.91 Å². The van der Waals surface area contributed by atoms with Crippen molar-refractivity contribution >= 4 is 23.4 Å². The van der Waals surface area contributed by atoms with Gasteiger partial charge in [-0.3, -0.25) is 4.79 Å². The van der Waals surface area contributed by atoms with E-state index < -0.39 is 0 Å². The molecule has 0 radical (unpaired) electrons. The van der Waals surface area contributed by atoms with Crippen LogP contribution in [-0.2, 0) is 4.79 Å². The third-order valence-corrected chi connectivity index (χ3v) is 5.42. The number of rotatable bonds is 5. The number of hydrogen-bond donors (Lipinski definition) is 1. The zero-order valence-electron chi connectivity index (χ0n) is 15.5. The van der Waals surface area contributed by atoms with Crippen LogP contribution in [0.15, 0.2) is 53.4 Å². The molecule has 3 aromatic rings. The first-order valence-corrected chi connectivity index (χ1v) is 9.56. The second-order valence-electron chi connectivity index (χ2n) is 6.40. The lowest BCUT2D eigenvalue weighted by Crippen LogP contribution is -2.15. The Labute approximate surface area is 158 Å². The second kappa shape index (κ2) is 7.79. The molecule has 3 rings (SSSR count). The van der Waals surface area contributed by atoms with Gasteiger partial charge in [0, 0.05) is 4.90 Å². The van der Waals surface area contributed by atoms with E-state index in [9.17, 15) is 4.79 Å². The number of aromatic nitrogens is 2. The van der Waals surface area contributed by atoms with Gasteiger partial charge in [0.1, 0.15) is 0 Å². The van der Waals surface area contributed by atoms with Crippen LogP contribution in [0.25, 0.3) is 5.69 Å². The van der Waals surface area contributed by atoms with E-state index in [0.29, 0.717) is 5.75 Å². The number of carbonyl (C=O) groups is 1. The minimum Gasteiger partial charge on any atom is -0.322 e. The lowest BCUT2D eigenvalue weighted by molar-refractivity contribution is -0.113. The normalized spacial score (nSPS) is 10.8. The van der Waals surface area contributed by atoms with Gasteiger partial charge in [0.25, 0.3) is 0 Å². The highest BCUT2D eigenvalue weighted by atomic mass is 32.2. The van der Waals surface area contributed by atoms with Crippen molar-refractivity contribution in [3.05, 3.63) is 71.0 Å². The Kier molecular flexibility index (Phi) is 5.47. The maximum Gasteiger partial charge on any atom is 0.234 e. The molecule has 0 saturated carbocycles. The monoisotopic (exact) mass is 365 g/mol. The Hall–Kier alpha value is -2.53. The number of anilines is 1. The first-order valence-electron chi connectivity index (χ1n) is 8.57. The van der Waals surface area contributed by atoms with Crippen LogP contribution >= 0.6 is 11.8 Å². The number of amides is 1. The lowest BCUT2D eigenvalue weighted by Gasteiger charge is -2.08. The van der Waals surface area contributed by atoms with E-state index in [0.717, 1.165) is 27.7 Å². The van der Waals surface area contributed by atoms with Crippen LogP contribution in [-0.4, -0.2) is 21.4 Å². The number of aryl methyl sites for hydroxylation is 3. The van der Waals surface area contributed by atoms with Crippen molar-refractivity contribution in [2.24, 2.45) is 0 Å². The molecule has 5 heteroatoms. The van der Waals surface area contributed by atoms with Crippen molar-refractivity contribution in [3.63, 3.8) is 0 Å². The molecule has 0 bridgehead atoms. The number of carbonyl (C=O) groups excluding carboxylic acids is 1. The fourth-order valence-corrected chi connectivity index (χ4v) is 3.73. The van der Waals surface area contributed by atoms with Gasteiger partial charge in [-0.2, -0.15) is 5.10 Å². The molecule has 0 atom stereocenters. The van der Waals surface area contributed by atoms with Crippen LogP contribution in [0.3, 0.4) is 0 Å². The molecule has 0 aliphatic rings. The summed E-state index contributed by atoms with van der Waals surface area (Å²) in [6, 6.07) is 16.2. The van der Waals surface area contributed by atoms with Crippen molar-refractivity contribution in [1.29, 1.82) is 0 Å². The van der Waals surface area contributed by atoms with E-state index in [2.05, 4.69) is 42.5 Å². The van der Waals surface area contributed by atoms with Crippen LogP contribution in [0.1, 0.15) is 22.5 Å². The number of nitrogens with one attached hydrogen (secondary N) is 1. The molecule has 2 aromatic carbocycles. The van der Waals surface area contributed by atoms with Crippen molar-refractivity contribution in [2.45, 2.75) is 32.6 Å². The second-order valence-corrected chi connectivity index (χ2v) is 7.42. The predicted octanol–water partition coefficient (Wildman–Crippen LogP) is 4.84. The number of hydrogen-bond acceptors (Lipinski definition) is 3. The summed E-state index contributed by atoms with van der Waals surface area (Å²) in [5.74, 6) is 0.355. The highest BCUT2D eigenvalue weighted by Crippen LogP contribution is 2.25. The zero-order chi connectivity index (χ0) is 18.7. The largest absolute Gasteiger partial charge is 0.322 e. The SMILES string of the molecule is Cc1ccc(SCC(=O)Nc2c(C)nn(-c3ccccc3)c2C)c(C)c1. The van der Waals surface area contributed by atoms with Gasteiger partial charge in [-0.1, -0.05) is 35.9 Å². The minimum absolute atomic E-state index is 0.0196. The smallest absolute Gasteiger partial charge is 0.234 e. The van der Waals surface area contributed by atoms with Gasteiger partial charge >= 0.3 is 0 Å². The summed E-state index contributed by atoms with van der Waals surface area (Å²) in [4.78, 5) is 13.6. The fraction of sp³-hybridized carbons (Fsp3) is 0.238. The topological polar surface area (TPSA) is 46.9 Å². The van der Waals surface area contributed by atoms with Crippen molar-refractivity contribution in [2.75, 3.05) is 11.1 Å². The highest BCUT2D eigenvalue weighted by Gasteiger charge is 2.15. The van der Waals surface area contributed by atoms with Crippen molar-refractivity contribution < 1.29 is 4.79 Å². The molecule has 0 fully saturated rings. The Balaban J connectivity index is 1.71. The van der Waals surface area contributed by atoms with Crippen LogP contribution in [0.2, 0.25) is 0 Å². The minimum atomic E-state index is -0.0196. The quantitative estimate of drug-likeness (QED) is 0.658. The predicted molar refractivity (Wildman–Crippen MR) is 108 cm³/mol. The molecule has 26 heavy (non-hydrogen) atoms. The Morgan fingerprint density at radius 3 is 2.50 bits per heavy atom. The number of para-hydroxylation sites is 1. The summed E-state index contributed by atoms with van der Waals surface area (Å²) >= 11 is 1.56. The molecular formula is C21H23N3OS. The first kappa shape index (κ1) is 18.3. The Bertz CT molecular complexity index is 932. The third-order valence-electron chi connectivity index (χ3n) is 4.25. The highest BCUT2D eigenvalue weighted by molar-refractivity contribution is 8.00. The molecule has 134 valence electrons. The molecule has 0 saturated heterocycles. The van der Waals surface area contributed by atoms with Crippen molar-refractivity contribution in [3.8, 4) is 5.69 Å². The summed E-state index contributed by atoms with van der Waals surface area (Å²) in [5.41, 5.74) is 5.95.